The van der Waals surface area contributed by atoms with E-state index in [2.05, 4.69) is 48.4 Å². The highest BCUT2D eigenvalue weighted by Gasteiger charge is 2.33. The minimum atomic E-state index is -0.149. The number of rotatable bonds is 8. The molecular weight excluding hydrogens is 390 g/mol. The van der Waals surface area contributed by atoms with Gasteiger partial charge in [-0.25, -0.2) is 0 Å². The molecule has 0 unspecified atom stereocenters. The van der Waals surface area contributed by atoms with Crippen molar-refractivity contribution >= 4 is 34.2 Å². The summed E-state index contributed by atoms with van der Waals surface area (Å²) < 4.78 is 6.63. The highest BCUT2D eigenvalue weighted by Crippen LogP contribution is 2.35. The molecule has 1 saturated carbocycles. The van der Waals surface area contributed by atoms with E-state index >= 15 is 0 Å². The zero-order valence-electron chi connectivity index (χ0n) is 16.8. The summed E-state index contributed by atoms with van der Waals surface area (Å²) in [4.78, 5) is 12.4. The Kier molecular flexibility index (Phi) is 7.73. The average molecular weight is 420 g/mol. The van der Waals surface area contributed by atoms with E-state index in [1.165, 1.54) is 35.1 Å². The maximum Gasteiger partial charge on any atom is 0.316 e. The van der Waals surface area contributed by atoms with Crippen LogP contribution in [-0.2, 0) is 16.1 Å². The second kappa shape index (κ2) is 10.3. The SMILES string of the molecule is CC(C)[C@H]1CC[C@H](C)C[C@H]1OC(=O)CSc1nnc(NCc2ccccc2)s1. The topological polar surface area (TPSA) is 64.1 Å². The Hall–Kier alpha value is -1.60. The lowest BCUT2D eigenvalue weighted by molar-refractivity contribution is -0.152. The van der Waals surface area contributed by atoms with Crippen molar-refractivity contribution in [2.24, 2.45) is 17.8 Å². The smallest absolute Gasteiger partial charge is 0.316 e. The number of carbonyl (C=O) groups excluding carboxylic acids is 1. The van der Waals surface area contributed by atoms with Crippen LogP contribution < -0.4 is 5.32 Å². The van der Waals surface area contributed by atoms with Gasteiger partial charge in [-0.2, -0.15) is 0 Å². The van der Waals surface area contributed by atoms with Crippen molar-refractivity contribution < 1.29 is 9.53 Å². The molecule has 5 nitrogen and oxygen atoms in total. The first-order valence-electron chi connectivity index (χ1n) is 9.95. The number of carbonyl (C=O) groups is 1. The van der Waals surface area contributed by atoms with E-state index < -0.39 is 0 Å². The lowest BCUT2D eigenvalue weighted by Crippen LogP contribution is -2.36. The molecule has 0 radical (unpaired) electrons. The Labute approximate surface area is 175 Å². The average Bonchev–Trinajstić information content (AvgIpc) is 3.13. The lowest BCUT2D eigenvalue weighted by atomic mass is 9.75. The fourth-order valence-corrected chi connectivity index (χ4v) is 5.22. The minimum Gasteiger partial charge on any atom is -0.461 e. The summed E-state index contributed by atoms with van der Waals surface area (Å²) in [6, 6.07) is 10.2. The van der Waals surface area contributed by atoms with Crippen molar-refractivity contribution in [1.29, 1.82) is 0 Å². The van der Waals surface area contributed by atoms with Gasteiger partial charge in [0.2, 0.25) is 5.13 Å². The van der Waals surface area contributed by atoms with Gasteiger partial charge in [0.15, 0.2) is 4.34 Å². The van der Waals surface area contributed by atoms with Crippen LogP contribution in [0, 0.1) is 17.8 Å². The van der Waals surface area contributed by atoms with E-state index in [-0.39, 0.29) is 17.8 Å². The van der Waals surface area contributed by atoms with Crippen LogP contribution in [0.25, 0.3) is 0 Å². The van der Waals surface area contributed by atoms with Crippen molar-refractivity contribution in [1.82, 2.24) is 10.2 Å². The van der Waals surface area contributed by atoms with Gasteiger partial charge in [0.25, 0.3) is 0 Å². The van der Waals surface area contributed by atoms with E-state index in [0.29, 0.717) is 24.3 Å². The van der Waals surface area contributed by atoms with Crippen molar-refractivity contribution in [2.45, 2.75) is 57.0 Å². The van der Waals surface area contributed by atoms with Crippen LogP contribution in [0.15, 0.2) is 34.7 Å². The molecule has 2 aromatic rings. The van der Waals surface area contributed by atoms with Gasteiger partial charge in [-0.15, -0.1) is 10.2 Å². The number of ether oxygens (including phenoxy) is 1. The Morgan fingerprint density at radius 1 is 1.29 bits per heavy atom. The first kappa shape index (κ1) is 21.1. The number of hydrogen-bond donors (Lipinski definition) is 1. The largest absolute Gasteiger partial charge is 0.461 e. The Bertz CT molecular complexity index is 751. The van der Waals surface area contributed by atoms with Gasteiger partial charge in [-0.3, -0.25) is 4.79 Å². The van der Waals surface area contributed by atoms with E-state index in [4.69, 9.17) is 4.74 Å². The maximum atomic E-state index is 12.4. The molecule has 7 heteroatoms. The Morgan fingerprint density at radius 3 is 2.82 bits per heavy atom. The van der Waals surface area contributed by atoms with Crippen LogP contribution in [0.5, 0.6) is 0 Å². The van der Waals surface area contributed by atoms with Crippen molar-refractivity contribution in [3.63, 3.8) is 0 Å². The molecule has 1 fully saturated rings. The molecule has 1 aromatic carbocycles. The molecule has 1 N–H and O–H groups in total. The van der Waals surface area contributed by atoms with Gasteiger partial charge in [-0.1, -0.05) is 80.6 Å². The summed E-state index contributed by atoms with van der Waals surface area (Å²) in [6.07, 6.45) is 3.41. The number of benzene rings is 1. The maximum absolute atomic E-state index is 12.4. The predicted octanol–water partition coefficient (Wildman–Crippen LogP) is 5.25. The molecule has 0 bridgehead atoms. The summed E-state index contributed by atoms with van der Waals surface area (Å²) in [5.74, 6) is 1.77. The van der Waals surface area contributed by atoms with Crippen LogP contribution in [0.4, 0.5) is 5.13 Å². The minimum absolute atomic E-state index is 0.0503. The zero-order valence-corrected chi connectivity index (χ0v) is 18.4. The Morgan fingerprint density at radius 2 is 2.07 bits per heavy atom. The van der Waals surface area contributed by atoms with Gasteiger partial charge in [0.1, 0.15) is 6.10 Å². The summed E-state index contributed by atoms with van der Waals surface area (Å²) >= 11 is 2.87. The third-order valence-corrected chi connectivity index (χ3v) is 7.24. The molecular formula is C21H29N3O2S2. The fraction of sp³-hybridized carbons (Fsp3) is 0.571. The van der Waals surface area contributed by atoms with Crippen LogP contribution in [0.2, 0.25) is 0 Å². The summed E-state index contributed by atoms with van der Waals surface area (Å²) in [5, 5.41) is 12.4. The molecule has 0 spiro atoms. The number of aromatic nitrogens is 2. The molecule has 3 atom stereocenters. The molecule has 1 aromatic heterocycles. The summed E-state index contributed by atoms with van der Waals surface area (Å²) in [5.41, 5.74) is 1.19. The van der Waals surface area contributed by atoms with Gasteiger partial charge in [0, 0.05) is 6.54 Å². The monoisotopic (exact) mass is 419 g/mol. The van der Waals surface area contributed by atoms with Crippen LogP contribution >= 0.6 is 23.1 Å². The van der Waals surface area contributed by atoms with Gasteiger partial charge in [0.05, 0.1) is 5.75 Å². The quantitative estimate of drug-likeness (QED) is 0.466. The number of esters is 1. The molecule has 1 aliphatic carbocycles. The predicted molar refractivity (Wildman–Crippen MR) is 116 cm³/mol. The fourth-order valence-electron chi connectivity index (χ4n) is 3.69. The van der Waals surface area contributed by atoms with Gasteiger partial charge < -0.3 is 10.1 Å². The summed E-state index contributed by atoms with van der Waals surface area (Å²) in [6.45, 7) is 7.40. The third-order valence-electron chi connectivity index (χ3n) is 5.25. The number of nitrogens with one attached hydrogen (secondary N) is 1. The zero-order chi connectivity index (χ0) is 19.9. The van der Waals surface area contributed by atoms with E-state index in [1.54, 1.807) is 0 Å². The van der Waals surface area contributed by atoms with Crippen molar-refractivity contribution in [3.8, 4) is 0 Å². The van der Waals surface area contributed by atoms with Gasteiger partial charge in [-0.05, 0) is 36.2 Å². The highest BCUT2D eigenvalue weighted by molar-refractivity contribution is 8.01. The standard InChI is InChI=1S/C21H29N3O2S2/c1-14(2)17-10-9-15(3)11-18(17)26-19(25)13-27-21-24-23-20(28-21)22-12-16-7-5-4-6-8-16/h4-8,14-15,17-18H,9-13H2,1-3H3,(H,22,23)/t15-,17+,18+/m0/s1. The van der Waals surface area contributed by atoms with E-state index in [0.717, 1.165) is 22.3 Å². The molecule has 28 heavy (non-hydrogen) atoms. The molecule has 1 heterocycles. The highest BCUT2D eigenvalue weighted by atomic mass is 32.2. The number of nitrogens with zero attached hydrogens (tertiary/aromatic N) is 2. The molecule has 3 rings (SSSR count). The molecule has 0 amide bonds. The summed E-state index contributed by atoms with van der Waals surface area (Å²) in [7, 11) is 0. The van der Waals surface area contributed by atoms with Gasteiger partial charge >= 0.3 is 5.97 Å². The van der Waals surface area contributed by atoms with Crippen LogP contribution in [0.3, 0.4) is 0 Å². The number of thioether (sulfide) groups is 1. The molecule has 0 saturated heterocycles. The van der Waals surface area contributed by atoms with E-state index in [9.17, 15) is 4.79 Å². The second-order valence-corrected chi connectivity index (χ2v) is 10.1. The van der Waals surface area contributed by atoms with E-state index in [1.807, 2.05) is 18.2 Å². The third kappa shape index (κ3) is 6.21. The first-order chi connectivity index (χ1) is 13.5. The number of hydrogen-bond acceptors (Lipinski definition) is 7. The second-order valence-electron chi connectivity index (χ2n) is 7.86. The first-order valence-corrected chi connectivity index (χ1v) is 11.7. The van der Waals surface area contributed by atoms with Crippen molar-refractivity contribution in [3.05, 3.63) is 35.9 Å². The number of anilines is 1. The van der Waals surface area contributed by atoms with Crippen LogP contribution in [0.1, 0.15) is 45.6 Å². The Balaban J connectivity index is 1.45. The molecule has 0 aliphatic heterocycles. The normalized spacial score (nSPS) is 22.2. The lowest BCUT2D eigenvalue weighted by Gasteiger charge is -2.36. The molecule has 1 aliphatic rings. The van der Waals surface area contributed by atoms with Crippen molar-refractivity contribution in [2.75, 3.05) is 11.1 Å². The molecule has 152 valence electrons. The van der Waals surface area contributed by atoms with Crippen LogP contribution in [-0.4, -0.2) is 28.0 Å².